The maximum atomic E-state index is 8.17. The van der Waals surface area contributed by atoms with Gasteiger partial charge in [-0.15, -0.1) is 0 Å². The fourth-order valence-electron chi connectivity index (χ4n) is 2.05. The molecule has 2 nitrogen and oxygen atoms in total. The molecule has 0 atom stereocenters. The first-order valence-electron chi connectivity index (χ1n) is 9.07. The van der Waals surface area contributed by atoms with E-state index in [1.165, 1.54) is 6.26 Å². The van der Waals surface area contributed by atoms with Gasteiger partial charge in [0.05, 0.1) is 8.44 Å². The summed E-state index contributed by atoms with van der Waals surface area (Å²) in [5.74, 6) is 0. The minimum absolute atomic E-state index is 0.199. The zero-order valence-corrected chi connectivity index (χ0v) is 11.6. The summed E-state index contributed by atoms with van der Waals surface area (Å²) in [5, 5.41) is 0.921. The summed E-state index contributed by atoms with van der Waals surface area (Å²) in [5.41, 5.74) is 2.11. The van der Waals surface area contributed by atoms with Gasteiger partial charge in [-0.1, -0.05) is 42.4 Å². The van der Waals surface area contributed by atoms with E-state index in [4.69, 9.17) is 11.3 Å². The lowest BCUT2D eigenvalue weighted by Gasteiger charge is -1.99. The largest absolute Gasteiger partial charge is 0.463 e. The van der Waals surface area contributed by atoms with Crippen molar-refractivity contribution in [2.45, 2.75) is 13.8 Å². The predicted octanol–water partition coefficient (Wildman–Crippen LogP) is 5.24. The number of aryl methyl sites for hydroxylation is 2. The smallest absolute Gasteiger partial charge is 0.136 e. The Balaban J connectivity index is 2.24. The van der Waals surface area contributed by atoms with Gasteiger partial charge in [-0.05, 0) is 37.0 Å². The number of hydrogen-bond donors (Lipinski definition) is 0. The Labute approximate surface area is 131 Å². The van der Waals surface area contributed by atoms with Crippen molar-refractivity contribution < 1.29 is 11.3 Å². The highest BCUT2D eigenvalue weighted by Crippen LogP contribution is 2.19. The molecular formula is C19H17NO. The van der Waals surface area contributed by atoms with Crippen molar-refractivity contribution in [3.63, 3.8) is 0 Å². The van der Waals surface area contributed by atoms with Crippen LogP contribution in [0, 0.1) is 13.8 Å². The first-order valence-corrected chi connectivity index (χ1v) is 6.57. The second-order valence-corrected chi connectivity index (χ2v) is 4.67. The van der Waals surface area contributed by atoms with E-state index in [9.17, 15) is 0 Å². The summed E-state index contributed by atoms with van der Waals surface area (Å²) >= 11 is 0. The Bertz CT molecular complexity index is 1020. The number of pyridine rings is 1. The van der Waals surface area contributed by atoms with Crippen molar-refractivity contribution in [3.8, 4) is 11.3 Å². The molecule has 0 spiro atoms. The Hall–Kier alpha value is -2.61. The molecule has 0 unspecified atom stereocenters. The van der Waals surface area contributed by atoms with Crippen LogP contribution in [0.25, 0.3) is 22.2 Å². The van der Waals surface area contributed by atoms with Crippen LogP contribution in [0.1, 0.15) is 18.0 Å². The van der Waals surface area contributed by atoms with Crippen molar-refractivity contribution >= 4 is 11.0 Å². The molecule has 0 aliphatic rings. The molecule has 104 valence electrons. The standard InChI is InChI=1S/C19H17NO/c1-14-10-11-18(20-12-14)17-8-4-3-7-16-9-5-6-15(2)19(16)21-13-17/h3-13H,1-2H3/i1D3,10D,11D. The number of nitrogens with zero attached hydrogens (tertiary/aromatic N) is 1. The van der Waals surface area contributed by atoms with Gasteiger partial charge < -0.3 is 4.42 Å². The molecule has 2 heterocycles. The van der Waals surface area contributed by atoms with Crippen molar-refractivity contribution in [2.24, 2.45) is 0 Å². The molecule has 2 aromatic heterocycles. The maximum Gasteiger partial charge on any atom is 0.136 e. The average Bonchev–Trinajstić information content (AvgIpc) is 2.67. The first-order chi connectivity index (χ1) is 12.3. The third-order valence-corrected chi connectivity index (χ3v) is 3.12. The summed E-state index contributed by atoms with van der Waals surface area (Å²) in [6.07, 6.45) is 2.61. The Morgan fingerprint density at radius 2 is 1.95 bits per heavy atom. The molecule has 0 saturated carbocycles. The summed E-state index contributed by atoms with van der Waals surface area (Å²) < 4.78 is 44.4. The molecule has 3 rings (SSSR count). The summed E-state index contributed by atoms with van der Waals surface area (Å²) in [7, 11) is 0. The van der Waals surface area contributed by atoms with Gasteiger partial charge in [0.15, 0.2) is 0 Å². The number of para-hydroxylation sites is 1. The van der Waals surface area contributed by atoms with Gasteiger partial charge in [-0.25, -0.2) is 0 Å². The van der Waals surface area contributed by atoms with Gasteiger partial charge in [0.25, 0.3) is 0 Å². The quantitative estimate of drug-likeness (QED) is 0.609. The van der Waals surface area contributed by atoms with Crippen molar-refractivity contribution in [1.29, 1.82) is 0 Å². The molecule has 0 amide bonds. The second-order valence-electron chi connectivity index (χ2n) is 4.67. The number of fused-ring (bicyclic) bond motifs is 1. The molecule has 1 aromatic carbocycles. The van der Waals surface area contributed by atoms with Crippen LogP contribution in [0.4, 0.5) is 0 Å². The molecule has 0 saturated heterocycles. The Morgan fingerprint density at radius 1 is 1.10 bits per heavy atom. The lowest BCUT2D eigenvalue weighted by molar-refractivity contribution is 0.605. The Kier molecular flexibility index (Phi) is 2.38. The van der Waals surface area contributed by atoms with E-state index in [1.807, 2.05) is 37.3 Å². The molecule has 0 aliphatic carbocycles. The van der Waals surface area contributed by atoms with E-state index in [2.05, 4.69) is 4.98 Å². The fraction of sp³-hybridized carbons (Fsp3) is 0.105. The van der Waals surface area contributed by atoms with Crippen LogP contribution in [0.15, 0.2) is 71.4 Å². The molecule has 0 N–H and O–H groups in total. The maximum absolute atomic E-state index is 8.17. The fourth-order valence-corrected chi connectivity index (χ4v) is 2.05. The van der Waals surface area contributed by atoms with Gasteiger partial charge in [0, 0.05) is 21.3 Å². The number of benzene rings is 1. The van der Waals surface area contributed by atoms with Gasteiger partial charge in [0.2, 0.25) is 0 Å². The van der Waals surface area contributed by atoms with E-state index in [-0.39, 0.29) is 23.3 Å². The highest BCUT2D eigenvalue weighted by atomic mass is 16.3. The van der Waals surface area contributed by atoms with E-state index in [0.717, 1.165) is 17.1 Å². The van der Waals surface area contributed by atoms with Crippen LogP contribution in [-0.2, 0) is 0 Å². The molecular weight excluding hydrogens is 258 g/mol. The summed E-state index contributed by atoms with van der Waals surface area (Å²) in [4.78, 5) is 4.12. The third kappa shape index (κ3) is 2.95. The van der Waals surface area contributed by atoms with E-state index < -0.39 is 6.85 Å². The lowest BCUT2D eigenvalue weighted by atomic mass is 10.2. The van der Waals surface area contributed by atoms with Crippen LogP contribution < -0.4 is 0 Å². The number of aromatic nitrogens is 1. The van der Waals surface area contributed by atoms with Gasteiger partial charge in [-0.3, -0.25) is 4.98 Å². The van der Waals surface area contributed by atoms with Crippen molar-refractivity contribution in [2.75, 3.05) is 0 Å². The molecule has 0 fully saturated rings. The second kappa shape index (κ2) is 5.80. The minimum Gasteiger partial charge on any atom is -0.463 e. The van der Waals surface area contributed by atoms with Crippen LogP contribution in [0.3, 0.4) is 0 Å². The average molecular weight is 280 g/mol. The van der Waals surface area contributed by atoms with Gasteiger partial charge >= 0.3 is 0 Å². The highest BCUT2D eigenvalue weighted by molar-refractivity contribution is 5.78. The summed E-state index contributed by atoms with van der Waals surface area (Å²) in [6.45, 7) is -0.539. The normalized spacial score (nSPS) is 14.4. The molecule has 0 aliphatic heterocycles. The van der Waals surface area contributed by atoms with Gasteiger partial charge in [-0.2, -0.15) is 0 Å². The Morgan fingerprint density at radius 3 is 2.86 bits per heavy atom. The zero-order valence-electron chi connectivity index (χ0n) is 16.6. The minimum atomic E-state index is -2.48. The zero-order chi connectivity index (χ0) is 18.9. The number of rotatable bonds is 1. The third-order valence-electron chi connectivity index (χ3n) is 3.12. The van der Waals surface area contributed by atoms with E-state index in [0.29, 0.717) is 11.1 Å². The topological polar surface area (TPSA) is 26.0 Å². The molecule has 3 aromatic rings. The lowest BCUT2D eigenvalue weighted by Crippen LogP contribution is -1.82. The van der Waals surface area contributed by atoms with E-state index >= 15 is 0 Å². The van der Waals surface area contributed by atoms with Crippen LogP contribution in [0.2, 0.25) is 0 Å². The first kappa shape index (κ1) is 8.63. The van der Waals surface area contributed by atoms with Crippen LogP contribution >= 0.6 is 0 Å². The molecule has 0 bridgehead atoms. The van der Waals surface area contributed by atoms with Crippen molar-refractivity contribution in [3.05, 3.63) is 78.1 Å². The molecule has 21 heavy (non-hydrogen) atoms. The highest BCUT2D eigenvalue weighted by Gasteiger charge is 1.99. The monoisotopic (exact) mass is 280 g/mol. The molecule has 2 heteroatoms. The molecule has 0 radical (unpaired) electrons. The van der Waals surface area contributed by atoms with Gasteiger partial charge in [0.1, 0.15) is 11.8 Å². The van der Waals surface area contributed by atoms with Crippen LogP contribution in [0.5, 0.6) is 0 Å². The van der Waals surface area contributed by atoms with Crippen LogP contribution in [-0.4, -0.2) is 4.98 Å². The number of hydrogen-bond acceptors (Lipinski definition) is 2. The summed E-state index contributed by atoms with van der Waals surface area (Å²) in [6, 6.07) is 12.5. The van der Waals surface area contributed by atoms with Crippen molar-refractivity contribution in [1.82, 2.24) is 4.98 Å². The van der Waals surface area contributed by atoms with E-state index in [1.54, 1.807) is 12.1 Å². The SMILES string of the molecule is [2H]c1c(C([2H])([2H])[2H])cnc(-c2ccccc3cccc(C)c3oc2)c1[2H]. The predicted molar refractivity (Wildman–Crippen MR) is 86.5 cm³/mol.